The van der Waals surface area contributed by atoms with Crippen molar-refractivity contribution < 1.29 is 0 Å². The highest BCUT2D eigenvalue weighted by Gasteiger charge is 2.03. The van der Waals surface area contributed by atoms with Gasteiger partial charge in [0.05, 0.1) is 6.04 Å². The van der Waals surface area contributed by atoms with Crippen LogP contribution in [-0.4, -0.2) is 0 Å². The number of rotatable bonds is 4. The van der Waals surface area contributed by atoms with Gasteiger partial charge in [0.15, 0.2) is 0 Å². The third-order valence-electron chi connectivity index (χ3n) is 2.59. The molecule has 0 heterocycles. The van der Waals surface area contributed by atoms with Gasteiger partial charge in [-0.3, -0.25) is 0 Å². The number of azide groups is 1. The second kappa shape index (κ2) is 6.28. The molecule has 3 nitrogen and oxygen atoms in total. The smallest absolute Gasteiger partial charge is 0.0809 e. The first-order valence-corrected chi connectivity index (χ1v) is 5.72. The Morgan fingerprint density at radius 1 is 0.944 bits per heavy atom. The first kappa shape index (κ1) is 12.0. The third kappa shape index (κ3) is 3.24. The fraction of sp³-hybridized carbons (Fsp3) is 0.0667. The molecule has 0 aliphatic carbocycles. The average Bonchev–Trinajstić information content (AvgIpc) is 2.45. The van der Waals surface area contributed by atoms with Gasteiger partial charge in [-0.2, -0.15) is 0 Å². The highest BCUT2D eigenvalue weighted by molar-refractivity contribution is 5.50. The molecular weight excluding hydrogens is 222 g/mol. The lowest BCUT2D eigenvalue weighted by Gasteiger charge is -2.05. The zero-order chi connectivity index (χ0) is 12.6. The van der Waals surface area contributed by atoms with Crippen LogP contribution >= 0.6 is 0 Å². The Morgan fingerprint density at radius 3 is 2.17 bits per heavy atom. The van der Waals surface area contributed by atoms with E-state index in [4.69, 9.17) is 5.53 Å². The second-order valence-electron chi connectivity index (χ2n) is 3.83. The van der Waals surface area contributed by atoms with Gasteiger partial charge in [-0.05, 0) is 16.7 Å². The zero-order valence-corrected chi connectivity index (χ0v) is 9.85. The van der Waals surface area contributed by atoms with Crippen molar-refractivity contribution in [2.45, 2.75) is 6.04 Å². The van der Waals surface area contributed by atoms with Crippen LogP contribution in [0.2, 0.25) is 0 Å². The van der Waals surface area contributed by atoms with E-state index in [2.05, 4.69) is 10.0 Å². The summed E-state index contributed by atoms with van der Waals surface area (Å²) >= 11 is 0. The van der Waals surface area contributed by atoms with Crippen LogP contribution in [0.15, 0.2) is 71.9 Å². The molecule has 0 amide bonds. The molecule has 0 fully saturated rings. The standard InChI is InChI=1S/C15H13N3/c16-18-17-15(14-9-5-2-6-10-14)12-11-13-7-3-1-4-8-13/h1-12,15H/b12-11-. The molecule has 0 N–H and O–H groups in total. The summed E-state index contributed by atoms with van der Waals surface area (Å²) < 4.78 is 0. The van der Waals surface area contributed by atoms with E-state index in [-0.39, 0.29) is 6.04 Å². The molecular formula is C15H13N3. The highest BCUT2D eigenvalue weighted by atomic mass is 15.1. The lowest BCUT2D eigenvalue weighted by molar-refractivity contribution is 0.901. The summed E-state index contributed by atoms with van der Waals surface area (Å²) in [5.41, 5.74) is 10.7. The van der Waals surface area contributed by atoms with Crippen molar-refractivity contribution in [1.82, 2.24) is 0 Å². The Morgan fingerprint density at radius 2 is 1.56 bits per heavy atom. The normalized spacial score (nSPS) is 12.0. The van der Waals surface area contributed by atoms with Gasteiger partial charge in [0.1, 0.15) is 0 Å². The lowest BCUT2D eigenvalue weighted by Crippen LogP contribution is -1.89. The lowest BCUT2D eigenvalue weighted by atomic mass is 10.1. The predicted molar refractivity (Wildman–Crippen MR) is 73.8 cm³/mol. The van der Waals surface area contributed by atoms with Crippen molar-refractivity contribution in [2.75, 3.05) is 0 Å². The van der Waals surface area contributed by atoms with Gasteiger partial charge >= 0.3 is 0 Å². The molecule has 0 spiro atoms. The molecule has 2 rings (SSSR count). The molecule has 0 aliphatic heterocycles. The highest BCUT2D eigenvalue weighted by Crippen LogP contribution is 2.20. The molecule has 3 heteroatoms. The SMILES string of the molecule is [N-]=[N+]=NC(/C=C\c1ccccc1)c1ccccc1. The van der Waals surface area contributed by atoms with Crippen LogP contribution in [0.5, 0.6) is 0 Å². The second-order valence-corrected chi connectivity index (χ2v) is 3.83. The topological polar surface area (TPSA) is 48.8 Å². The van der Waals surface area contributed by atoms with Crippen LogP contribution in [-0.2, 0) is 0 Å². The number of benzene rings is 2. The average molecular weight is 235 g/mol. The summed E-state index contributed by atoms with van der Waals surface area (Å²) in [6.45, 7) is 0. The van der Waals surface area contributed by atoms with Gasteiger partial charge < -0.3 is 0 Å². The van der Waals surface area contributed by atoms with Gasteiger partial charge in [0.25, 0.3) is 0 Å². The van der Waals surface area contributed by atoms with E-state index in [0.717, 1.165) is 11.1 Å². The van der Waals surface area contributed by atoms with Crippen molar-refractivity contribution in [3.8, 4) is 0 Å². The van der Waals surface area contributed by atoms with E-state index in [1.807, 2.05) is 72.8 Å². The summed E-state index contributed by atoms with van der Waals surface area (Å²) in [5, 5.41) is 3.80. The van der Waals surface area contributed by atoms with Crippen molar-refractivity contribution >= 4 is 6.08 Å². The minimum absolute atomic E-state index is 0.267. The molecule has 18 heavy (non-hydrogen) atoms. The first-order chi connectivity index (χ1) is 8.90. The maximum Gasteiger partial charge on any atom is 0.0809 e. The van der Waals surface area contributed by atoms with E-state index in [1.54, 1.807) is 0 Å². The van der Waals surface area contributed by atoms with E-state index >= 15 is 0 Å². The van der Waals surface area contributed by atoms with E-state index in [1.165, 1.54) is 0 Å². The monoisotopic (exact) mass is 235 g/mol. The molecule has 2 aromatic carbocycles. The summed E-state index contributed by atoms with van der Waals surface area (Å²) in [7, 11) is 0. The van der Waals surface area contributed by atoms with Crippen molar-refractivity contribution in [1.29, 1.82) is 0 Å². The summed E-state index contributed by atoms with van der Waals surface area (Å²) in [6, 6.07) is 19.4. The summed E-state index contributed by atoms with van der Waals surface area (Å²) in [4.78, 5) is 2.90. The quantitative estimate of drug-likeness (QED) is 0.417. The summed E-state index contributed by atoms with van der Waals surface area (Å²) in [6.07, 6.45) is 3.87. The maximum absolute atomic E-state index is 8.62. The Hall–Kier alpha value is -2.51. The molecule has 88 valence electrons. The Balaban J connectivity index is 2.22. The van der Waals surface area contributed by atoms with Gasteiger partial charge in [-0.1, -0.05) is 77.9 Å². The largest absolute Gasteiger partial charge is 0.0818 e. The van der Waals surface area contributed by atoms with E-state index in [9.17, 15) is 0 Å². The predicted octanol–water partition coefficient (Wildman–Crippen LogP) is 4.75. The van der Waals surface area contributed by atoms with E-state index in [0.29, 0.717) is 0 Å². The Bertz CT molecular complexity index is 555. The zero-order valence-electron chi connectivity index (χ0n) is 9.85. The summed E-state index contributed by atoms with van der Waals surface area (Å²) in [5.74, 6) is 0. The van der Waals surface area contributed by atoms with Crippen LogP contribution in [0.4, 0.5) is 0 Å². The van der Waals surface area contributed by atoms with Crippen molar-refractivity contribution in [3.05, 3.63) is 88.3 Å². The molecule has 2 aromatic rings. The fourth-order valence-electron chi connectivity index (χ4n) is 1.69. The third-order valence-corrected chi connectivity index (χ3v) is 2.59. The van der Waals surface area contributed by atoms with Crippen molar-refractivity contribution in [3.63, 3.8) is 0 Å². The fourth-order valence-corrected chi connectivity index (χ4v) is 1.69. The van der Waals surface area contributed by atoms with E-state index < -0.39 is 0 Å². The molecule has 0 aliphatic rings. The van der Waals surface area contributed by atoms with Gasteiger partial charge in [-0.25, -0.2) is 0 Å². The van der Waals surface area contributed by atoms with Crippen LogP contribution < -0.4 is 0 Å². The maximum atomic E-state index is 8.62. The Kier molecular flexibility index (Phi) is 4.17. The van der Waals surface area contributed by atoms with Gasteiger partial charge in [0.2, 0.25) is 0 Å². The number of nitrogens with zero attached hydrogens (tertiary/aromatic N) is 3. The Labute approximate surface area is 106 Å². The minimum Gasteiger partial charge on any atom is -0.0818 e. The molecule has 1 atom stereocenters. The number of hydrogen-bond acceptors (Lipinski definition) is 1. The van der Waals surface area contributed by atoms with Gasteiger partial charge in [0, 0.05) is 4.91 Å². The van der Waals surface area contributed by atoms with Crippen LogP contribution in [0.3, 0.4) is 0 Å². The molecule has 0 aromatic heterocycles. The molecule has 0 saturated carbocycles. The van der Waals surface area contributed by atoms with Gasteiger partial charge in [-0.15, -0.1) is 0 Å². The molecule has 1 unspecified atom stereocenters. The van der Waals surface area contributed by atoms with Crippen molar-refractivity contribution in [2.24, 2.45) is 5.11 Å². The molecule has 0 saturated heterocycles. The first-order valence-electron chi connectivity index (χ1n) is 5.72. The minimum atomic E-state index is -0.267. The van der Waals surface area contributed by atoms with Crippen LogP contribution in [0.25, 0.3) is 16.5 Å². The molecule has 0 bridgehead atoms. The van der Waals surface area contributed by atoms with Crippen LogP contribution in [0.1, 0.15) is 17.2 Å². The molecule has 0 radical (unpaired) electrons. The number of hydrogen-bond donors (Lipinski definition) is 0. The van der Waals surface area contributed by atoms with Crippen LogP contribution in [0, 0.1) is 0 Å².